The van der Waals surface area contributed by atoms with Crippen molar-refractivity contribution in [2.45, 2.75) is 12.2 Å². The topological polar surface area (TPSA) is 53.6 Å². The van der Waals surface area contributed by atoms with Crippen molar-refractivity contribution in [3.8, 4) is 11.1 Å². The minimum Gasteiger partial charge on any atom is -0.456 e. The highest BCUT2D eigenvalue weighted by Crippen LogP contribution is 2.44. The third kappa shape index (κ3) is 5.58. The molecule has 59 heavy (non-hydrogen) atoms. The first-order valence-electron chi connectivity index (χ1n) is 20.2. The lowest BCUT2D eigenvalue weighted by atomic mass is 9.90. The Morgan fingerprint density at radius 3 is 2.07 bits per heavy atom. The van der Waals surface area contributed by atoms with E-state index in [1.54, 1.807) is 0 Å². The predicted octanol–water partition coefficient (Wildman–Crippen LogP) is 13.9. The van der Waals surface area contributed by atoms with Crippen LogP contribution in [0.3, 0.4) is 0 Å². The van der Waals surface area contributed by atoms with Crippen molar-refractivity contribution in [1.82, 2.24) is 10.6 Å². The number of benzene rings is 8. The van der Waals surface area contributed by atoms with E-state index >= 15 is 0 Å². The van der Waals surface area contributed by atoms with Crippen LogP contribution in [0.15, 0.2) is 215 Å². The summed E-state index contributed by atoms with van der Waals surface area (Å²) in [5.74, 6) is 0. The second-order valence-electron chi connectivity index (χ2n) is 15.4. The largest absolute Gasteiger partial charge is 0.456 e. The van der Waals surface area contributed by atoms with Crippen LogP contribution in [0.25, 0.3) is 71.5 Å². The van der Waals surface area contributed by atoms with Gasteiger partial charge in [0.25, 0.3) is 0 Å². The SMILES string of the molecule is C1=CC2=C(c3ccc4oc5ccccc5c4c3)NC(c3cc(-c4cccc(N(c5ccccc5)c5ccccc5)c4)cc4oc5c6ccccc6ccc5c34)NC2C=C1. The molecule has 5 heteroatoms. The normalized spacial score (nSPS) is 16.3. The van der Waals surface area contributed by atoms with E-state index in [9.17, 15) is 0 Å². The Hall–Kier alpha value is -7.60. The lowest BCUT2D eigenvalue weighted by Gasteiger charge is -2.36. The van der Waals surface area contributed by atoms with Crippen LogP contribution >= 0.6 is 0 Å². The fourth-order valence-corrected chi connectivity index (χ4v) is 9.16. The Kier molecular flexibility index (Phi) is 7.68. The quantitative estimate of drug-likeness (QED) is 0.177. The van der Waals surface area contributed by atoms with Crippen molar-refractivity contribution in [2.24, 2.45) is 0 Å². The van der Waals surface area contributed by atoms with E-state index in [4.69, 9.17) is 8.83 Å². The molecule has 0 bridgehead atoms. The molecule has 0 radical (unpaired) electrons. The Morgan fingerprint density at radius 2 is 1.22 bits per heavy atom. The standard InChI is InChI=1S/C54H37N3O2/c1-3-16-38(17-4-1)57(39-18-5-2-6-19-39)40-20-13-15-35(30-40)37-32-46(51-44-28-26-34-14-7-8-21-41(34)53(44)59-50(51)33-37)54-55-47-24-11-9-23-43(47)52(56-54)36-27-29-49-45(31-36)42-22-10-12-25-48(42)58-49/h1-33,47,54-56H. The molecule has 12 rings (SSSR count). The third-order valence-electron chi connectivity index (χ3n) is 11.9. The Morgan fingerprint density at radius 1 is 0.475 bits per heavy atom. The number of fused-ring (bicyclic) bond motifs is 9. The molecule has 5 nitrogen and oxygen atoms in total. The number of furan rings is 2. The average Bonchev–Trinajstić information content (AvgIpc) is 3.88. The van der Waals surface area contributed by atoms with Crippen LogP contribution < -0.4 is 15.5 Å². The molecule has 0 spiro atoms. The molecular formula is C54H37N3O2. The third-order valence-corrected chi connectivity index (χ3v) is 11.9. The monoisotopic (exact) mass is 759 g/mol. The number of rotatable bonds is 6. The van der Waals surface area contributed by atoms with E-state index in [-0.39, 0.29) is 12.2 Å². The van der Waals surface area contributed by atoms with Crippen LogP contribution in [0.4, 0.5) is 17.1 Å². The number of hydrogen-bond acceptors (Lipinski definition) is 5. The van der Waals surface area contributed by atoms with E-state index in [2.05, 4.69) is 204 Å². The van der Waals surface area contributed by atoms with Gasteiger partial charge in [0, 0.05) is 55.3 Å². The molecule has 280 valence electrons. The predicted molar refractivity (Wildman–Crippen MR) is 243 cm³/mol. The molecule has 0 saturated carbocycles. The van der Waals surface area contributed by atoms with Crippen molar-refractivity contribution in [1.29, 1.82) is 0 Å². The lowest BCUT2D eigenvalue weighted by Crippen LogP contribution is -2.45. The number of nitrogens with one attached hydrogen (secondary N) is 2. The fraction of sp³-hybridized carbons (Fsp3) is 0.0370. The molecule has 2 aliphatic rings. The smallest absolute Gasteiger partial charge is 0.143 e. The highest BCUT2D eigenvalue weighted by Gasteiger charge is 2.31. The van der Waals surface area contributed by atoms with Crippen molar-refractivity contribution in [3.05, 3.63) is 217 Å². The van der Waals surface area contributed by atoms with E-state index < -0.39 is 0 Å². The second kappa shape index (κ2) is 13.5. The highest BCUT2D eigenvalue weighted by atomic mass is 16.3. The average molecular weight is 760 g/mol. The molecule has 2 unspecified atom stereocenters. The molecule has 2 atom stereocenters. The second-order valence-corrected chi connectivity index (χ2v) is 15.4. The molecule has 0 fully saturated rings. The molecule has 1 aliphatic carbocycles. The van der Waals surface area contributed by atoms with Crippen molar-refractivity contribution in [3.63, 3.8) is 0 Å². The van der Waals surface area contributed by atoms with Crippen LogP contribution in [0.1, 0.15) is 17.3 Å². The maximum atomic E-state index is 6.96. The van der Waals surface area contributed by atoms with Gasteiger partial charge in [-0.15, -0.1) is 0 Å². The summed E-state index contributed by atoms with van der Waals surface area (Å²) in [6, 6.07) is 62.2. The molecule has 1 aliphatic heterocycles. The van der Waals surface area contributed by atoms with Gasteiger partial charge in [0.2, 0.25) is 0 Å². The molecule has 0 saturated heterocycles. The van der Waals surface area contributed by atoms with Crippen molar-refractivity contribution in [2.75, 3.05) is 4.90 Å². The summed E-state index contributed by atoms with van der Waals surface area (Å²) in [5, 5.41) is 14.7. The first kappa shape index (κ1) is 33.5. The minimum atomic E-state index is -0.255. The number of anilines is 3. The Bertz CT molecular complexity index is 3310. The van der Waals surface area contributed by atoms with Gasteiger partial charge < -0.3 is 19.1 Å². The summed E-state index contributed by atoms with van der Waals surface area (Å²) < 4.78 is 13.2. The summed E-state index contributed by atoms with van der Waals surface area (Å²) in [6.07, 6.45) is 8.47. The molecule has 2 aromatic heterocycles. The number of para-hydroxylation sites is 3. The van der Waals surface area contributed by atoms with Gasteiger partial charge in [-0.1, -0.05) is 121 Å². The van der Waals surface area contributed by atoms with Gasteiger partial charge in [0.05, 0.1) is 6.04 Å². The summed E-state index contributed by atoms with van der Waals surface area (Å²) >= 11 is 0. The van der Waals surface area contributed by atoms with E-state index in [1.165, 1.54) is 5.57 Å². The van der Waals surface area contributed by atoms with Crippen molar-refractivity contribution >= 4 is 77.4 Å². The van der Waals surface area contributed by atoms with Crippen molar-refractivity contribution < 1.29 is 8.83 Å². The first-order valence-corrected chi connectivity index (χ1v) is 20.2. The zero-order valence-corrected chi connectivity index (χ0v) is 32.0. The van der Waals surface area contributed by atoms with Crippen LogP contribution in [0.2, 0.25) is 0 Å². The van der Waals surface area contributed by atoms with Gasteiger partial charge in [-0.3, -0.25) is 5.32 Å². The van der Waals surface area contributed by atoms with Crippen LogP contribution in [-0.2, 0) is 0 Å². The molecule has 8 aromatic carbocycles. The summed E-state index contributed by atoms with van der Waals surface area (Å²) in [4.78, 5) is 2.31. The van der Waals surface area contributed by atoms with E-state index in [0.29, 0.717) is 0 Å². The van der Waals surface area contributed by atoms with Crippen LogP contribution in [0.5, 0.6) is 0 Å². The summed E-state index contributed by atoms with van der Waals surface area (Å²) in [6.45, 7) is 0. The van der Waals surface area contributed by atoms with Gasteiger partial charge >= 0.3 is 0 Å². The maximum Gasteiger partial charge on any atom is 0.143 e. The van der Waals surface area contributed by atoms with Gasteiger partial charge in [-0.2, -0.15) is 0 Å². The zero-order chi connectivity index (χ0) is 38.9. The maximum absolute atomic E-state index is 6.96. The summed E-state index contributed by atoms with van der Waals surface area (Å²) in [5.41, 5.74) is 13.5. The molecule has 2 N–H and O–H groups in total. The molecule has 0 amide bonds. The lowest BCUT2D eigenvalue weighted by molar-refractivity contribution is 0.462. The Labute approximate surface area is 340 Å². The number of hydrogen-bond donors (Lipinski definition) is 2. The summed E-state index contributed by atoms with van der Waals surface area (Å²) in [7, 11) is 0. The zero-order valence-electron chi connectivity index (χ0n) is 32.0. The number of allylic oxidation sites excluding steroid dienone is 2. The van der Waals surface area contributed by atoms with Gasteiger partial charge in [0.15, 0.2) is 0 Å². The molecule has 10 aromatic rings. The van der Waals surface area contributed by atoms with E-state index in [0.717, 1.165) is 99.7 Å². The van der Waals surface area contributed by atoms with Gasteiger partial charge in [-0.05, 0) is 107 Å². The fourth-order valence-electron chi connectivity index (χ4n) is 9.16. The first-order chi connectivity index (χ1) is 29.2. The molecule has 3 heterocycles. The van der Waals surface area contributed by atoms with Crippen LogP contribution in [-0.4, -0.2) is 6.04 Å². The highest BCUT2D eigenvalue weighted by molar-refractivity contribution is 6.16. The Balaban J connectivity index is 1.05. The van der Waals surface area contributed by atoms with Gasteiger partial charge in [0.1, 0.15) is 28.5 Å². The molecular weight excluding hydrogens is 723 g/mol. The van der Waals surface area contributed by atoms with E-state index in [1.807, 2.05) is 12.1 Å². The number of nitrogens with zero attached hydrogens (tertiary/aromatic N) is 1. The minimum absolute atomic E-state index is 0.00984. The van der Waals surface area contributed by atoms with Gasteiger partial charge in [-0.25, -0.2) is 0 Å². The van der Waals surface area contributed by atoms with Crippen LogP contribution in [0, 0.1) is 0 Å².